The standard InChI is InChI=1S/C30H28N2O4S/c1-21-10-9-11-22(2)28(21)32(37(3,35)36)20-23-16-18-25(19-17-23)30(34)31-27-15-8-7-14-26(27)29(33)24-12-5-4-6-13-24/h4-19H,20H2,1-3H3,(H,31,34). The van der Waals surface area contributed by atoms with Gasteiger partial charge in [-0.2, -0.15) is 0 Å². The number of carbonyl (C=O) groups is 2. The molecule has 4 rings (SSSR count). The number of hydrogen-bond acceptors (Lipinski definition) is 4. The highest BCUT2D eigenvalue weighted by molar-refractivity contribution is 7.92. The summed E-state index contributed by atoms with van der Waals surface area (Å²) in [5, 5.41) is 2.84. The van der Waals surface area contributed by atoms with Crippen molar-refractivity contribution in [1.82, 2.24) is 0 Å². The number of hydrogen-bond donors (Lipinski definition) is 1. The minimum Gasteiger partial charge on any atom is -0.321 e. The molecule has 0 saturated carbocycles. The highest BCUT2D eigenvalue weighted by Crippen LogP contribution is 2.28. The van der Waals surface area contributed by atoms with Crippen molar-refractivity contribution < 1.29 is 18.0 Å². The predicted molar refractivity (Wildman–Crippen MR) is 148 cm³/mol. The summed E-state index contributed by atoms with van der Waals surface area (Å²) in [6, 6.07) is 28.2. The van der Waals surface area contributed by atoms with Crippen LogP contribution in [0.25, 0.3) is 0 Å². The molecule has 1 amide bonds. The first-order chi connectivity index (χ1) is 17.6. The lowest BCUT2D eigenvalue weighted by Crippen LogP contribution is -2.30. The van der Waals surface area contributed by atoms with Gasteiger partial charge in [-0.05, 0) is 54.8 Å². The van der Waals surface area contributed by atoms with Crippen LogP contribution in [0.2, 0.25) is 0 Å². The van der Waals surface area contributed by atoms with E-state index in [1.807, 2.05) is 38.1 Å². The molecule has 0 saturated heterocycles. The van der Waals surface area contributed by atoms with E-state index in [2.05, 4.69) is 5.32 Å². The van der Waals surface area contributed by atoms with E-state index in [0.29, 0.717) is 28.1 Å². The van der Waals surface area contributed by atoms with Gasteiger partial charge in [0.1, 0.15) is 0 Å². The van der Waals surface area contributed by atoms with E-state index in [1.165, 1.54) is 10.6 Å². The number of sulfonamides is 1. The Morgan fingerprint density at radius 1 is 0.730 bits per heavy atom. The second kappa shape index (κ2) is 10.8. The molecule has 1 N–H and O–H groups in total. The summed E-state index contributed by atoms with van der Waals surface area (Å²) in [6.45, 7) is 3.91. The van der Waals surface area contributed by atoms with Crippen LogP contribution in [0.5, 0.6) is 0 Å². The van der Waals surface area contributed by atoms with E-state index in [-0.39, 0.29) is 18.2 Å². The Labute approximate surface area is 217 Å². The monoisotopic (exact) mass is 512 g/mol. The SMILES string of the molecule is Cc1cccc(C)c1N(Cc1ccc(C(=O)Nc2ccccc2C(=O)c2ccccc2)cc1)S(C)(=O)=O. The number of benzene rings is 4. The van der Waals surface area contributed by atoms with Gasteiger partial charge < -0.3 is 5.32 Å². The van der Waals surface area contributed by atoms with E-state index < -0.39 is 10.0 Å². The molecule has 0 unspecified atom stereocenters. The van der Waals surface area contributed by atoms with Gasteiger partial charge in [0.05, 0.1) is 24.2 Å². The molecular formula is C30H28N2O4S. The fraction of sp³-hybridized carbons (Fsp3) is 0.133. The Bertz CT molecular complexity index is 1530. The van der Waals surface area contributed by atoms with Gasteiger partial charge in [0.2, 0.25) is 10.0 Å². The van der Waals surface area contributed by atoms with Crippen molar-refractivity contribution in [2.45, 2.75) is 20.4 Å². The third-order valence-electron chi connectivity index (χ3n) is 6.09. The third kappa shape index (κ3) is 5.95. The summed E-state index contributed by atoms with van der Waals surface area (Å²) >= 11 is 0. The number of nitrogens with one attached hydrogen (secondary N) is 1. The minimum absolute atomic E-state index is 0.140. The normalized spacial score (nSPS) is 11.1. The first kappa shape index (κ1) is 25.9. The highest BCUT2D eigenvalue weighted by Gasteiger charge is 2.22. The summed E-state index contributed by atoms with van der Waals surface area (Å²) in [7, 11) is -3.54. The molecule has 0 heterocycles. The molecule has 37 heavy (non-hydrogen) atoms. The minimum atomic E-state index is -3.54. The summed E-state index contributed by atoms with van der Waals surface area (Å²) in [5.41, 5.74) is 4.88. The number of nitrogens with zero attached hydrogens (tertiary/aromatic N) is 1. The quantitative estimate of drug-likeness (QED) is 0.305. The lowest BCUT2D eigenvalue weighted by atomic mass is 10.0. The number of rotatable bonds is 8. The van der Waals surface area contributed by atoms with E-state index in [9.17, 15) is 18.0 Å². The number of para-hydroxylation sites is 2. The molecule has 0 atom stereocenters. The van der Waals surface area contributed by atoms with Crippen LogP contribution in [0, 0.1) is 13.8 Å². The molecule has 0 aliphatic rings. The molecule has 0 bridgehead atoms. The lowest BCUT2D eigenvalue weighted by molar-refractivity contribution is 0.102. The zero-order chi connectivity index (χ0) is 26.6. The summed E-state index contributed by atoms with van der Waals surface area (Å²) in [5.74, 6) is -0.547. The van der Waals surface area contributed by atoms with Gasteiger partial charge in [-0.3, -0.25) is 13.9 Å². The van der Waals surface area contributed by atoms with Crippen LogP contribution in [0.15, 0.2) is 97.1 Å². The highest BCUT2D eigenvalue weighted by atomic mass is 32.2. The molecular weight excluding hydrogens is 484 g/mol. The second-order valence-electron chi connectivity index (χ2n) is 8.90. The molecule has 4 aromatic rings. The number of ketones is 1. The van der Waals surface area contributed by atoms with Crippen molar-refractivity contribution in [3.8, 4) is 0 Å². The van der Waals surface area contributed by atoms with Crippen LogP contribution in [0.3, 0.4) is 0 Å². The molecule has 0 fully saturated rings. The zero-order valence-electron chi connectivity index (χ0n) is 20.9. The van der Waals surface area contributed by atoms with E-state index in [4.69, 9.17) is 0 Å². The maximum atomic E-state index is 13.0. The Morgan fingerprint density at radius 3 is 1.95 bits per heavy atom. The Hall–Kier alpha value is -4.23. The van der Waals surface area contributed by atoms with Crippen LogP contribution in [-0.4, -0.2) is 26.4 Å². The van der Waals surface area contributed by atoms with Gasteiger partial charge in [0, 0.05) is 16.7 Å². The predicted octanol–water partition coefficient (Wildman–Crippen LogP) is 5.75. The molecule has 6 nitrogen and oxygen atoms in total. The fourth-order valence-electron chi connectivity index (χ4n) is 4.22. The molecule has 0 aromatic heterocycles. The lowest BCUT2D eigenvalue weighted by Gasteiger charge is -2.26. The second-order valence-corrected chi connectivity index (χ2v) is 10.8. The number of amides is 1. The van der Waals surface area contributed by atoms with Crippen molar-refractivity contribution in [2.24, 2.45) is 0 Å². The topological polar surface area (TPSA) is 83.6 Å². The van der Waals surface area contributed by atoms with Crippen LogP contribution in [0.4, 0.5) is 11.4 Å². The summed E-state index contributed by atoms with van der Waals surface area (Å²) < 4.78 is 26.7. The first-order valence-electron chi connectivity index (χ1n) is 11.8. The van der Waals surface area contributed by atoms with Crippen molar-refractivity contribution in [1.29, 1.82) is 0 Å². The van der Waals surface area contributed by atoms with Gasteiger partial charge in [-0.15, -0.1) is 0 Å². The van der Waals surface area contributed by atoms with Crippen LogP contribution in [-0.2, 0) is 16.6 Å². The van der Waals surface area contributed by atoms with Crippen LogP contribution >= 0.6 is 0 Å². The first-order valence-corrected chi connectivity index (χ1v) is 13.6. The number of anilines is 2. The van der Waals surface area contributed by atoms with E-state index in [1.54, 1.807) is 72.8 Å². The fourth-order valence-corrected chi connectivity index (χ4v) is 5.22. The number of carbonyl (C=O) groups excluding carboxylic acids is 2. The molecule has 0 aliphatic carbocycles. The molecule has 0 radical (unpaired) electrons. The Balaban J connectivity index is 1.54. The molecule has 0 spiro atoms. The van der Waals surface area contributed by atoms with E-state index >= 15 is 0 Å². The molecule has 0 aliphatic heterocycles. The maximum Gasteiger partial charge on any atom is 0.255 e. The van der Waals surface area contributed by atoms with E-state index in [0.717, 1.165) is 16.7 Å². The van der Waals surface area contributed by atoms with Gasteiger partial charge in [-0.25, -0.2) is 8.42 Å². The largest absolute Gasteiger partial charge is 0.321 e. The van der Waals surface area contributed by atoms with Gasteiger partial charge in [0.25, 0.3) is 5.91 Å². The molecule has 7 heteroatoms. The van der Waals surface area contributed by atoms with Gasteiger partial charge >= 0.3 is 0 Å². The van der Waals surface area contributed by atoms with Crippen molar-refractivity contribution in [3.63, 3.8) is 0 Å². The summed E-state index contributed by atoms with van der Waals surface area (Å²) in [4.78, 5) is 26.0. The maximum absolute atomic E-state index is 13.0. The van der Waals surface area contributed by atoms with Crippen LogP contribution in [0.1, 0.15) is 43.0 Å². The van der Waals surface area contributed by atoms with Crippen molar-refractivity contribution in [2.75, 3.05) is 15.9 Å². The third-order valence-corrected chi connectivity index (χ3v) is 7.20. The average Bonchev–Trinajstić information content (AvgIpc) is 2.88. The Morgan fingerprint density at radius 2 is 1.32 bits per heavy atom. The van der Waals surface area contributed by atoms with Gasteiger partial charge in [-0.1, -0.05) is 72.8 Å². The zero-order valence-corrected chi connectivity index (χ0v) is 21.7. The van der Waals surface area contributed by atoms with Crippen molar-refractivity contribution >= 4 is 33.1 Å². The molecule has 188 valence electrons. The summed E-state index contributed by atoms with van der Waals surface area (Å²) in [6.07, 6.45) is 1.19. The van der Waals surface area contributed by atoms with Crippen LogP contribution < -0.4 is 9.62 Å². The average molecular weight is 513 g/mol. The molecule has 4 aromatic carbocycles. The smallest absolute Gasteiger partial charge is 0.255 e. The van der Waals surface area contributed by atoms with Gasteiger partial charge in [0.15, 0.2) is 5.78 Å². The Kier molecular flexibility index (Phi) is 7.55. The number of aryl methyl sites for hydroxylation is 2. The van der Waals surface area contributed by atoms with Crippen molar-refractivity contribution in [3.05, 3.63) is 130 Å².